The predicted octanol–water partition coefficient (Wildman–Crippen LogP) is 5.22. The van der Waals surface area contributed by atoms with Crippen molar-refractivity contribution in [3.8, 4) is 5.75 Å². The van der Waals surface area contributed by atoms with Gasteiger partial charge < -0.3 is 10.1 Å². The molecule has 29 heavy (non-hydrogen) atoms. The first kappa shape index (κ1) is 23.5. The molecule has 0 bridgehead atoms. The third-order valence-corrected chi connectivity index (χ3v) is 5.60. The van der Waals surface area contributed by atoms with Crippen molar-refractivity contribution in [2.75, 3.05) is 26.2 Å². The molecule has 1 aliphatic heterocycles. The minimum absolute atomic E-state index is 0. The number of hydrogen-bond acceptors (Lipinski definition) is 3. The molecule has 1 aliphatic rings. The van der Waals surface area contributed by atoms with Gasteiger partial charge >= 0.3 is 0 Å². The molecule has 0 saturated carbocycles. The standard InChI is InChI=1S/C23H29ClN2O2.ClH/c1-17(2)18-9-11-19(12-10-18)28-16-23(27)25-15-22(26-13-5-6-14-26)20-7-3-4-8-21(20)24;/h3-4,7-12,17,22H,5-6,13-16H2,1-2H3,(H,25,27);1H. The second-order valence-corrected chi connectivity index (χ2v) is 8.00. The Kier molecular flexibility index (Phi) is 9.28. The lowest BCUT2D eigenvalue weighted by Gasteiger charge is -2.29. The van der Waals surface area contributed by atoms with E-state index in [0.717, 1.165) is 23.7 Å². The molecule has 0 radical (unpaired) electrons. The number of amides is 1. The summed E-state index contributed by atoms with van der Waals surface area (Å²) in [4.78, 5) is 14.7. The highest BCUT2D eigenvalue weighted by Gasteiger charge is 2.25. The van der Waals surface area contributed by atoms with Crippen LogP contribution in [-0.4, -0.2) is 37.0 Å². The second kappa shape index (κ2) is 11.4. The Morgan fingerprint density at radius 3 is 2.38 bits per heavy atom. The van der Waals surface area contributed by atoms with Gasteiger partial charge in [0, 0.05) is 11.6 Å². The summed E-state index contributed by atoms with van der Waals surface area (Å²) in [5.41, 5.74) is 2.32. The third-order valence-electron chi connectivity index (χ3n) is 5.25. The Bertz CT molecular complexity index is 775. The van der Waals surface area contributed by atoms with Gasteiger partial charge in [-0.3, -0.25) is 9.69 Å². The molecular weight excluding hydrogens is 407 g/mol. The van der Waals surface area contributed by atoms with Crippen molar-refractivity contribution < 1.29 is 9.53 Å². The van der Waals surface area contributed by atoms with Crippen LogP contribution in [0.25, 0.3) is 0 Å². The molecule has 1 amide bonds. The Hall–Kier alpha value is -1.75. The summed E-state index contributed by atoms with van der Waals surface area (Å²) in [6.45, 7) is 6.90. The summed E-state index contributed by atoms with van der Waals surface area (Å²) in [5.74, 6) is 1.07. The van der Waals surface area contributed by atoms with Crippen molar-refractivity contribution in [3.63, 3.8) is 0 Å². The highest BCUT2D eigenvalue weighted by Crippen LogP contribution is 2.29. The molecule has 4 nitrogen and oxygen atoms in total. The zero-order valence-electron chi connectivity index (χ0n) is 17.1. The lowest BCUT2D eigenvalue weighted by Crippen LogP contribution is -2.38. The molecule has 158 valence electrons. The van der Waals surface area contributed by atoms with Gasteiger partial charge in [0.15, 0.2) is 6.61 Å². The molecular formula is C23H30Cl2N2O2. The number of rotatable bonds is 8. The van der Waals surface area contributed by atoms with E-state index < -0.39 is 0 Å². The maximum Gasteiger partial charge on any atom is 0.258 e. The number of halogens is 2. The van der Waals surface area contributed by atoms with Crippen molar-refractivity contribution in [1.29, 1.82) is 0 Å². The topological polar surface area (TPSA) is 41.6 Å². The van der Waals surface area contributed by atoms with Crippen molar-refractivity contribution in [2.24, 2.45) is 0 Å². The van der Waals surface area contributed by atoms with Gasteiger partial charge in [-0.15, -0.1) is 12.4 Å². The van der Waals surface area contributed by atoms with Gasteiger partial charge in [-0.05, 0) is 61.2 Å². The van der Waals surface area contributed by atoms with E-state index >= 15 is 0 Å². The van der Waals surface area contributed by atoms with Gasteiger partial charge in [-0.25, -0.2) is 0 Å². The van der Waals surface area contributed by atoms with Crippen LogP contribution in [0.15, 0.2) is 48.5 Å². The fraction of sp³-hybridized carbons (Fsp3) is 0.435. The van der Waals surface area contributed by atoms with Crippen molar-refractivity contribution >= 4 is 29.9 Å². The summed E-state index contributed by atoms with van der Waals surface area (Å²) < 4.78 is 5.64. The Balaban J connectivity index is 0.00000300. The lowest BCUT2D eigenvalue weighted by molar-refractivity contribution is -0.123. The van der Waals surface area contributed by atoms with Crippen LogP contribution in [0.1, 0.15) is 49.8 Å². The zero-order valence-corrected chi connectivity index (χ0v) is 18.6. The average Bonchev–Trinajstić information content (AvgIpc) is 3.22. The first-order chi connectivity index (χ1) is 13.5. The van der Waals surface area contributed by atoms with Gasteiger partial charge in [0.05, 0.1) is 6.04 Å². The number of likely N-dealkylation sites (tertiary alicyclic amines) is 1. The van der Waals surface area contributed by atoms with E-state index in [9.17, 15) is 4.79 Å². The molecule has 2 aromatic rings. The van der Waals surface area contributed by atoms with Gasteiger partial charge in [0.25, 0.3) is 5.91 Å². The van der Waals surface area contributed by atoms with Crippen molar-refractivity contribution in [2.45, 2.75) is 38.6 Å². The summed E-state index contributed by atoms with van der Waals surface area (Å²) in [6.07, 6.45) is 2.37. The largest absolute Gasteiger partial charge is 0.484 e. The van der Waals surface area contributed by atoms with Gasteiger partial charge in [-0.2, -0.15) is 0 Å². The Morgan fingerprint density at radius 1 is 1.10 bits per heavy atom. The van der Waals surface area contributed by atoms with Crippen LogP contribution < -0.4 is 10.1 Å². The van der Waals surface area contributed by atoms with Crippen LogP contribution in [0, 0.1) is 0 Å². The number of carbonyl (C=O) groups excluding carboxylic acids is 1. The Labute approximate surface area is 185 Å². The van der Waals surface area contributed by atoms with Crippen LogP contribution in [0.5, 0.6) is 5.75 Å². The van der Waals surface area contributed by atoms with Crippen molar-refractivity contribution in [1.82, 2.24) is 10.2 Å². The monoisotopic (exact) mass is 436 g/mol. The van der Waals surface area contributed by atoms with Crippen LogP contribution in [0.3, 0.4) is 0 Å². The molecule has 3 rings (SSSR count). The van der Waals surface area contributed by atoms with Crippen molar-refractivity contribution in [3.05, 3.63) is 64.7 Å². The molecule has 1 atom stereocenters. The fourth-order valence-corrected chi connectivity index (χ4v) is 3.86. The zero-order chi connectivity index (χ0) is 19.9. The first-order valence-electron chi connectivity index (χ1n) is 10.0. The average molecular weight is 437 g/mol. The van der Waals surface area contributed by atoms with Crippen LogP contribution in [-0.2, 0) is 4.79 Å². The molecule has 1 heterocycles. The van der Waals surface area contributed by atoms with Crippen LogP contribution >= 0.6 is 24.0 Å². The summed E-state index contributed by atoms with van der Waals surface area (Å²) in [7, 11) is 0. The molecule has 0 aliphatic carbocycles. The molecule has 0 spiro atoms. The molecule has 1 fully saturated rings. The normalized spacial score (nSPS) is 15.0. The highest BCUT2D eigenvalue weighted by atomic mass is 35.5. The molecule has 1 unspecified atom stereocenters. The van der Waals surface area contributed by atoms with E-state index in [1.54, 1.807) is 0 Å². The SMILES string of the molecule is CC(C)c1ccc(OCC(=O)NCC(c2ccccc2Cl)N2CCCC2)cc1.Cl. The van der Waals surface area contributed by atoms with Crippen LogP contribution in [0.4, 0.5) is 0 Å². The van der Waals surface area contributed by atoms with E-state index in [2.05, 4.69) is 24.1 Å². The fourth-order valence-electron chi connectivity index (χ4n) is 3.59. The minimum Gasteiger partial charge on any atom is -0.484 e. The van der Waals surface area contributed by atoms with E-state index in [-0.39, 0.29) is 31.0 Å². The maximum absolute atomic E-state index is 12.3. The van der Waals surface area contributed by atoms with E-state index in [0.29, 0.717) is 18.2 Å². The van der Waals surface area contributed by atoms with Crippen LogP contribution in [0.2, 0.25) is 5.02 Å². The van der Waals surface area contributed by atoms with Gasteiger partial charge in [0.2, 0.25) is 0 Å². The van der Waals surface area contributed by atoms with Gasteiger partial charge in [0.1, 0.15) is 5.75 Å². The maximum atomic E-state index is 12.3. The predicted molar refractivity (Wildman–Crippen MR) is 121 cm³/mol. The molecule has 1 saturated heterocycles. The summed E-state index contributed by atoms with van der Waals surface area (Å²) in [5, 5.41) is 3.77. The van der Waals surface area contributed by atoms with Gasteiger partial charge in [-0.1, -0.05) is 55.8 Å². The molecule has 2 aromatic carbocycles. The number of benzene rings is 2. The van der Waals surface area contributed by atoms with E-state index in [1.165, 1.54) is 18.4 Å². The molecule has 1 N–H and O–H groups in total. The lowest BCUT2D eigenvalue weighted by atomic mass is 10.0. The first-order valence-corrected chi connectivity index (χ1v) is 10.4. The quantitative estimate of drug-likeness (QED) is 0.616. The Morgan fingerprint density at radius 2 is 1.76 bits per heavy atom. The van der Waals surface area contributed by atoms with E-state index in [1.807, 2.05) is 48.5 Å². The van der Waals surface area contributed by atoms with E-state index in [4.69, 9.17) is 16.3 Å². The highest BCUT2D eigenvalue weighted by molar-refractivity contribution is 6.31. The third kappa shape index (κ3) is 6.63. The number of carbonyl (C=O) groups is 1. The number of ether oxygens (including phenoxy) is 1. The second-order valence-electron chi connectivity index (χ2n) is 7.60. The molecule has 0 aromatic heterocycles. The summed E-state index contributed by atoms with van der Waals surface area (Å²) >= 11 is 6.42. The number of nitrogens with zero attached hydrogens (tertiary/aromatic N) is 1. The smallest absolute Gasteiger partial charge is 0.258 e. The number of hydrogen-bond donors (Lipinski definition) is 1. The number of nitrogens with one attached hydrogen (secondary N) is 1. The minimum atomic E-state index is -0.121. The molecule has 6 heteroatoms. The summed E-state index contributed by atoms with van der Waals surface area (Å²) in [6, 6.07) is 15.9.